The normalized spacial score (nSPS) is 17.4. The van der Waals surface area contributed by atoms with Gasteiger partial charge in [-0.25, -0.2) is 0 Å². The van der Waals surface area contributed by atoms with E-state index in [1.165, 1.54) is 11.0 Å². The maximum absolute atomic E-state index is 13.2. The molecule has 0 aromatic heterocycles. The number of alkyl halides is 6. The Balaban J connectivity index is 1.74. The number of β-amino-alcohol motifs (C(OH)–C–C–N with tert-alkyl or cyclic N) is 1. The molecule has 1 N–H and O–H groups in total. The molecule has 0 bridgehead atoms. The van der Waals surface area contributed by atoms with Crippen molar-refractivity contribution in [2.45, 2.75) is 31.0 Å². The van der Waals surface area contributed by atoms with Gasteiger partial charge in [0.25, 0.3) is 0 Å². The predicted octanol–water partition coefficient (Wildman–Crippen LogP) is 6.20. The molecule has 4 rings (SSSR count). The van der Waals surface area contributed by atoms with Gasteiger partial charge in [0.1, 0.15) is 0 Å². The molecule has 0 saturated carbocycles. The van der Waals surface area contributed by atoms with Gasteiger partial charge in [0.2, 0.25) is 0 Å². The monoisotopic (exact) mass is 480 g/mol. The summed E-state index contributed by atoms with van der Waals surface area (Å²) >= 11 is 0. The summed E-state index contributed by atoms with van der Waals surface area (Å²) in [6.45, 7) is -0.306. The van der Waals surface area contributed by atoms with E-state index in [-0.39, 0.29) is 13.1 Å². The number of fused-ring (bicyclic) bond motifs is 1. The summed E-state index contributed by atoms with van der Waals surface area (Å²) in [4.78, 5) is 3.38. The number of hydrogen-bond donors (Lipinski definition) is 1. The first-order chi connectivity index (χ1) is 16.0. The molecule has 9 heteroatoms. The van der Waals surface area contributed by atoms with Crippen molar-refractivity contribution in [3.8, 4) is 0 Å². The van der Waals surface area contributed by atoms with Crippen LogP contribution in [0.25, 0.3) is 0 Å². The number of aliphatic hydroxyl groups excluding tert-OH is 1. The largest absolute Gasteiger partial charge is 0.416 e. The average molecular weight is 480 g/mol. The van der Waals surface area contributed by atoms with Crippen LogP contribution in [0.15, 0.2) is 78.9 Å². The third-order valence-electron chi connectivity index (χ3n) is 5.86. The van der Waals surface area contributed by atoms with Crippen molar-refractivity contribution in [3.05, 3.63) is 95.6 Å². The maximum atomic E-state index is 13.2. The molecular formula is C25H22F6N2O. The molecule has 0 saturated heterocycles. The fourth-order valence-corrected chi connectivity index (χ4v) is 4.24. The summed E-state index contributed by atoms with van der Waals surface area (Å²) in [5, 5.41) is 9.85. The van der Waals surface area contributed by atoms with E-state index >= 15 is 0 Å². The number of anilines is 2. The molecule has 1 heterocycles. The highest BCUT2D eigenvalue weighted by molar-refractivity contribution is 5.74. The molecule has 3 aromatic rings. The van der Waals surface area contributed by atoms with Crippen LogP contribution in [0.2, 0.25) is 0 Å². The lowest BCUT2D eigenvalue weighted by atomic mass is 9.98. The number of aliphatic hydroxyl groups is 1. The van der Waals surface area contributed by atoms with Gasteiger partial charge in [-0.3, -0.25) is 0 Å². The van der Waals surface area contributed by atoms with E-state index in [9.17, 15) is 31.4 Å². The zero-order valence-electron chi connectivity index (χ0n) is 17.9. The Morgan fingerprint density at radius 3 is 2.12 bits per heavy atom. The van der Waals surface area contributed by atoms with Gasteiger partial charge in [-0.1, -0.05) is 54.6 Å². The minimum Gasteiger partial charge on any atom is -0.382 e. The molecule has 0 spiro atoms. The van der Waals surface area contributed by atoms with Crippen LogP contribution in [-0.4, -0.2) is 30.5 Å². The fourth-order valence-electron chi connectivity index (χ4n) is 4.24. The average Bonchev–Trinajstić information content (AvgIpc) is 2.80. The lowest BCUT2D eigenvalue weighted by molar-refractivity contribution is -0.200. The highest BCUT2D eigenvalue weighted by atomic mass is 19.4. The zero-order valence-corrected chi connectivity index (χ0v) is 17.9. The number of hydrogen-bond acceptors (Lipinski definition) is 3. The number of nitrogens with zero attached hydrogens (tertiary/aromatic N) is 2. The van der Waals surface area contributed by atoms with Crippen molar-refractivity contribution in [1.82, 2.24) is 0 Å². The Bertz CT molecular complexity index is 1120. The molecule has 0 radical (unpaired) electrons. The Kier molecular flexibility index (Phi) is 6.49. The molecule has 3 nitrogen and oxygen atoms in total. The third kappa shape index (κ3) is 5.14. The smallest absolute Gasteiger partial charge is 0.382 e. The molecule has 180 valence electrons. The van der Waals surface area contributed by atoms with Crippen LogP contribution in [0.4, 0.5) is 37.7 Å². The molecule has 2 atom stereocenters. The van der Waals surface area contributed by atoms with Crippen molar-refractivity contribution < 1.29 is 31.4 Å². The van der Waals surface area contributed by atoms with Crippen LogP contribution < -0.4 is 9.80 Å². The zero-order chi connectivity index (χ0) is 24.5. The molecule has 0 fully saturated rings. The van der Waals surface area contributed by atoms with Gasteiger partial charge in [0, 0.05) is 13.1 Å². The molecule has 0 aliphatic carbocycles. The lowest BCUT2D eigenvalue weighted by Gasteiger charge is -2.45. The first-order valence-corrected chi connectivity index (χ1v) is 10.6. The van der Waals surface area contributed by atoms with Gasteiger partial charge < -0.3 is 14.9 Å². The third-order valence-corrected chi connectivity index (χ3v) is 5.86. The Labute approximate surface area is 192 Å². The second kappa shape index (κ2) is 9.21. The highest BCUT2D eigenvalue weighted by Gasteiger charge is 2.42. The van der Waals surface area contributed by atoms with Gasteiger partial charge >= 0.3 is 12.4 Å². The SMILES string of the molecule is OC(CN1c2ccccc2N(Cc2cccc(C(F)(F)F)c2)CC1c1ccccc1)C(F)(F)F. The van der Waals surface area contributed by atoms with E-state index in [1.807, 2.05) is 4.90 Å². The van der Waals surface area contributed by atoms with Crippen LogP contribution in [0.1, 0.15) is 22.7 Å². The van der Waals surface area contributed by atoms with Crippen molar-refractivity contribution in [2.75, 3.05) is 22.9 Å². The molecule has 0 amide bonds. The first kappa shape index (κ1) is 23.9. The summed E-state index contributed by atoms with van der Waals surface area (Å²) in [5.74, 6) is 0. The predicted molar refractivity (Wildman–Crippen MR) is 118 cm³/mol. The summed E-state index contributed by atoms with van der Waals surface area (Å²) in [6, 6.07) is 20.1. The minimum absolute atomic E-state index is 0.139. The second-order valence-corrected chi connectivity index (χ2v) is 8.20. The van der Waals surface area contributed by atoms with Gasteiger partial charge in [-0.05, 0) is 35.4 Å². The van der Waals surface area contributed by atoms with Gasteiger partial charge in [0.05, 0.1) is 29.5 Å². The number of para-hydroxylation sites is 2. The van der Waals surface area contributed by atoms with E-state index in [2.05, 4.69) is 0 Å². The van der Waals surface area contributed by atoms with Crippen LogP contribution in [0, 0.1) is 0 Å². The number of rotatable bonds is 5. The van der Waals surface area contributed by atoms with Crippen LogP contribution in [0.3, 0.4) is 0 Å². The van der Waals surface area contributed by atoms with Crippen LogP contribution in [-0.2, 0) is 12.7 Å². The van der Waals surface area contributed by atoms with Crippen molar-refractivity contribution in [3.63, 3.8) is 0 Å². The Hall–Kier alpha value is -3.20. The van der Waals surface area contributed by atoms with Gasteiger partial charge in [0.15, 0.2) is 6.10 Å². The maximum Gasteiger partial charge on any atom is 0.416 e. The summed E-state index contributed by atoms with van der Waals surface area (Å²) in [6.07, 6.45) is -11.8. The standard InChI is InChI=1S/C25H22F6N2O/c26-24(27,28)19-10-6-7-17(13-19)14-32-15-22(18-8-2-1-3-9-18)33(16-23(34)25(29,30)31)21-12-5-4-11-20(21)32/h1-13,22-23,34H,14-16H2. The Morgan fingerprint density at radius 2 is 1.47 bits per heavy atom. The van der Waals surface area contributed by atoms with E-state index in [0.29, 0.717) is 16.9 Å². The number of halogens is 6. The molecule has 2 unspecified atom stereocenters. The van der Waals surface area contributed by atoms with E-state index < -0.39 is 36.6 Å². The van der Waals surface area contributed by atoms with E-state index in [0.717, 1.165) is 17.7 Å². The van der Waals surface area contributed by atoms with Crippen LogP contribution in [0.5, 0.6) is 0 Å². The fraction of sp³-hybridized carbons (Fsp3) is 0.280. The van der Waals surface area contributed by atoms with Crippen molar-refractivity contribution >= 4 is 11.4 Å². The summed E-state index contributed by atoms with van der Waals surface area (Å²) in [5.41, 5.74) is 1.46. The quantitative estimate of drug-likeness (QED) is 0.441. The topological polar surface area (TPSA) is 26.7 Å². The van der Waals surface area contributed by atoms with Crippen LogP contribution >= 0.6 is 0 Å². The summed E-state index contributed by atoms with van der Waals surface area (Å²) < 4.78 is 79.3. The molecule has 1 aliphatic rings. The van der Waals surface area contributed by atoms with Gasteiger partial charge in [-0.2, -0.15) is 26.3 Å². The second-order valence-electron chi connectivity index (χ2n) is 8.20. The molecule has 3 aromatic carbocycles. The lowest BCUT2D eigenvalue weighted by Crippen LogP contribution is -2.49. The van der Waals surface area contributed by atoms with Crippen molar-refractivity contribution in [2.24, 2.45) is 0 Å². The molecule has 1 aliphatic heterocycles. The van der Waals surface area contributed by atoms with Crippen molar-refractivity contribution in [1.29, 1.82) is 0 Å². The first-order valence-electron chi connectivity index (χ1n) is 10.6. The Morgan fingerprint density at radius 1 is 0.824 bits per heavy atom. The van der Waals surface area contributed by atoms with E-state index in [4.69, 9.17) is 0 Å². The minimum atomic E-state index is -4.79. The number of benzene rings is 3. The van der Waals surface area contributed by atoms with E-state index in [1.54, 1.807) is 60.7 Å². The molecule has 34 heavy (non-hydrogen) atoms. The highest BCUT2D eigenvalue weighted by Crippen LogP contribution is 2.42. The summed E-state index contributed by atoms with van der Waals surface area (Å²) in [7, 11) is 0. The molecular weight excluding hydrogens is 458 g/mol. The van der Waals surface area contributed by atoms with Gasteiger partial charge in [-0.15, -0.1) is 0 Å².